The van der Waals surface area contributed by atoms with Gasteiger partial charge < -0.3 is 10.2 Å². The molecule has 1 aliphatic carbocycles. The Morgan fingerprint density at radius 2 is 1.73 bits per heavy atom. The maximum absolute atomic E-state index is 13.2. The van der Waals surface area contributed by atoms with Gasteiger partial charge in [-0.2, -0.15) is 0 Å². The lowest BCUT2D eigenvalue weighted by atomic mass is 10.1. The average molecular weight is 373 g/mol. The maximum Gasteiger partial charge on any atom is 0.246 e. The highest BCUT2D eigenvalue weighted by Gasteiger charge is 2.52. The number of carbonyl (C=O) groups excluding carboxylic acids is 1. The topological polar surface area (TPSA) is 79.4 Å². The van der Waals surface area contributed by atoms with Crippen molar-refractivity contribution in [3.05, 3.63) is 48.7 Å². The molecule has 1 aromatic carbocycles. The standard InChI is InChI=1S/C19H23N3O3S/c1-22(2)17-11-10-15(14-20-17)21-18(23)19(12-6-7-13-19)26(24,25)16-8-4-3-5-9-16/h3-5,8-11,14H,6-7,12-13H2,1-2H3,(H,21,23). The third-order valence-electron chi connectivity index (χ3n) is 4.86. The van der Waals surface area contributed by atoms with Crippen LogP contribution in [0, 0.1) is 0 Å². The molecular weight excluding hydrogens is 350 g/mol. The summed E-state index contributed by atoms with van der Waals surface area (Å²) in [7, 11) is -0.0309. The van der Waals surface area contributed by atoms with Crippen molar-refractivity contribution in [3.8, 4) is 0 Å². The fourth-order valence-corrected chi connectivity index (χ4v) is 5.45. The summed E-state index contributed by atoms with van der Waals surface area (Å²) >= 11 is 0. The monoisotopic (exact) mass is 373 g/mol. The molecule has 0 unspecified atom stereocenters. The van der Waals surface area contributed by atoms with Gasteiger partial charge in [-0.05, 0) is 37.1 Å². The van der Waals surface area contributed by atoms with Gasteiger partial charge in [-0.1, -0.05) is 31.0 Å². The summed E-state index contributed by atoms with van der Waals surface area (Å²) in [6.45, 7) is 0. The van der Waals surface area contributed by atoms with Crippen LogP contribution >= 0.6 is 0 Å². The van der Waals surface area contributed by atoms with E-state index in [1.165, 1.54) is 0 Å². The quantitative estimate of drug-likeness (QED) is 0.872. The molecule has 0 spiro atoms. The zero-order chi connectivity index (χ0) is 18.8. The Labute approximate surface area is 154 Å². The van der Waals surface area contributed by atoms with Crippen LogP contribution in [0.5, 0.6) is 0 Å². The number of anilines is 2. The normalized spacial score (nSPS) is 16.2. The first-order valence-corrected chi connectivity index (χ1v) is 10.1. The minimum Gasteiger partial charge on any atom is -0.363 e. The predicted molar refractivity (Wildman–Crippen MR) is 102 cm³/mol. The first-order valence-electron chi connectivity index (χ1n) is 8.61. The highest BCUT2D eigenvalue weighted by molar-refractivity contribution is 7.93. The van der Waals surface area contributed by atoms with Gasteiger partial charge in [-0.3, -0.25) is 4.79 Å². The van der Waals surface area contributed by atoms with Crippen molar-refractivity contribution in [2.24, 2.45) is 0 Å². The molecule has 0 bridgehead atoms. The van der Waals surface area contributed by atoms with Gasteiger partial charge in [-0.15, -0.1) is 0 Å². The lowest BCUT2D eigenvalue weighted by molar-refractivity contribution is -0.118. The Morgan fingerprint density at radius 3 is 2.27 bits per heavy atom. The van der Waals surface area contributed by atoms with Crippen LogP contribution in [0.25, 0.3) is 0 Å². The third-order valence-corrected chi connectivity index (χ3v) is 7.37. The largest absolute Gasteiger partial charge is 0.363 e. The lowest BCUT2D eigenvalue weighted by Gasteiger charge is -2.27. The second kappa shape index (κ2) is 7.07. The van der Waals surface area contributed by atoms with E-state index in [1.807, 2.05) is 19.0 Å². The SMILES string of the molecule is CN(C)c1ccc(NC(=O)C2(S(=O)(=O)c3ccccc3)CCCC2)cn1. The van der Waals surface area contributed by atoms with Gasteiger partial charge >= 0.3 is 0 Å². The van der Waals surface area contributed by atoms with Crippen molar-refractivity contribution in [3.63, 3.8) is 0 Å². The molecule has 1 saturated carbocycles. The number of nitrogens with one attached hydrogen (secondary N) is 1. The summed E-state index contributed by atoms with van der Waals surface area (Å²) in [5, 5.41) is 2.77. The van der Waals surface area contributed by atoms with Gasteiger partial charge in [0.15, 0.2) is 14.6 Å². The average Bonchev–Trinajstić information content (AvgIpc) is 3.15. The number of amides is 1. The molecule has 26 heavy (non-hydrogen) atoms. The molecule has 7 heteroatoms. The zero-order valence-corrected chi connectivity index (χ0v) is 15.8. The van der Waals surface area contributed by atoms with Crippen LogP contribution in [0.2, 0.25) is 0 Å². The predicted octanol–water partition coefficient (Wildman–Crippen LogP) is 2.87. The second-order valence-electron chi connectivity index (χ2n) is 6.77. The fraction of sp³-hybridized carbons (Fsp3) is 0.368. The Hall–Kier alpha value is -2.41. The molecular formula is C19H23N3O3S. The second-order valence-corrected chi connectivity index (χ2v) is 9.03. The molecule has 138 valence electrons. The van der Waals surface area contributed by atoms with Crippen molar-refractivity contribution in [1.29, 1.82) is 0 Å². The van der Waals surface area contributed by atoms with Gasteiger partial charge in [0.25, 0.3) is 0 Å². The van der Waals surface area contributed by atoms with E-state index in [2.05, 4.69) is 10.3 Å². The van der Waals surface area contributed by atoms with E-state index in [1.54, 1.807) is 48.7 Å². The van der Waals surface area contributed by atoms with E-state index in [4.69, 9.17) is 0 Å². The van der Waals surface area contributed by atoms with Crippen molar-refractivity contribution in [1.82, 2.24) is 4.98 Å². The number of nitrogens with zero attached hydrogens (tertiary/aromatic N) is 2. The van der Waals surface area contributed by atoms with E-state index in [0.717, 1.165) is 18.7 Å². The molecule has 1 N–H and O–H groups in total. The molecule has 0 saturated heterocycles. The number of hydrogen-bond acceptors (Lipinski definition) is 5. The van der Waals surface area contributed by atoms with Gasteiger partial charge in [0, 0.05) is 14.1 Å². The van der Waals surface area contributed by atoms with Crippen LogP contribution in [0.15, 0.2) is 53.6 Å². The Kier molecular flexibility index (Phi) is 5.00. The summed E-state index contributed by atoms with van der Waals surface area (Å²) in [4.78, 5) is 19.4. The van der Waals surface area contributed by atoms with Gasteiger partial charge in [0.1, 0.15) is 5.82 Å². The van der Waals surface area contributed by atoms with Gasteiger partial charge in [0.2, 0.25) is 5.91 Å². The molecule has 2 aromatic rings. The highest BCUT2D eigenvalue weighted by Crippen LogP contribution is 2.41. The van der Waals surface area contributed by atoms with Gasteiger partial charge in [0.05, 0.1) is 16.8 Å². The van der Waals surface area contributed by atoms with Gasteiger partial charge in [-0.25, -0.2) is 13.4 Å². The summed E-state index contributed by atoms with van der Waals surface area (Å²) < 4.78 is 25.1. The number of hydrogen-bond donors (Lipinski definition) is 1. The molecule has 1 aromatic heterocycles. The molecule has 1 fully saturated rings. The van der Waals surface area contributed by atoms with Crippen molar-refractivity contribution in [2.45, 2.75) is 35.3 Å². The Morgan fingerprint density at radius 1 is 1.08 bits per heavy atom. The molecule has 6 nitrogen and oxygen atoms in total. The smallest absolute Gasteiger partial charge is 0.246 e. The fourth-order valence-electron chi connectivity index (χ4n) is 3.36. The minimum atomic E-state index is -3.78. The van der Waals surface area contributed by atoms with Crippen LogP contribution in [0.1, 0.15) is 25.7 Å². The number of carbonyl (C=O) groups is 1. The van der Waals surface area contributed by atoms with Crippen LogP contribution < -0.4 is 10.2 Å². The summed E-state index contributed by atoms with van der Waals surface area (Å²) in [6.07, 6.45) is 3.65. The Bertz CT molecular complexity index is 872. The number of aromatic nitrogens is 1. The van der Waals surface area contributed by atoms with E-state index in [0.29, 0.717) is 18.5 Å². The van der Waals surface area contributed by atoms with Crippen molar-refractivity contribution >= 4 is 27.2 Å². The van der Waals surface area contributed by atoms with Crippen LogP contribution in [-0.4, -0.2) is 38.2 Å². The molecule has 1 heterocycles. The minimum absolute atomic E-state index is 0.193. The summed E-state index contributed by atoms with van der Waals surface area (Å²) in [6, 6.07) is 11.7. The first kappa shape index (κ1) is 18.4. The van der Waals surface area contributed by atoms with Crippen LogP contribution in [0.4, 0.5) is 11.5 Å². The van der Waals surface area contributed by atoms with E-state index < -0.39 is 20.5 Å². The highest BCUT2D eigenvalue weighted by atomic mass is 32.2. The van der Waals surface area contributed by atoms with Crippen molar-refractivity contribution < 1.29 is 13.2 Å². The summed E-state index contributed by atoms with van der Waals surface area (Å²) in [5.74, 6) is 0.286. The third kappa shape index (κ3) is 3.19. The molecule has 0 aliphatic heterocycles. The molecule has 1 aliphatic rings. The van der Waals surface area contributed by atoms with Crippen LogP contribution in [0.3, 0.4) is 0 Å². The number of benzene rings is 1. The number of pyridine rings is 1. The van der Waals surface area contributed by atoms with Crippen molar-refractivity contribution in [2.75, 3.05) is 24.3 Å². The molecule has 0 radical (unpaired) electrons. The number of sulfone groups is 1. The maximum atomic E-state index is 13.2. The molecule has 3 rings (SSSR count). The van der Waals surface area contributed by atoms with Crippen LogP contribution in [-0.2, 0) is 14.6 Å². The van der Waals surface area contributed by atoms with E-state index in [9.17, 15) is 13.2 Å². The number of rotatable bonds is 5. The molecule has 1 amide bonds. The van der Waals surface area contributed by atoms with E-state index in [-0.39, 0.29) is 4.90 Å². The summed E-state index contributed by atoms with van der Waals surface area (Å²) in [5.41, 5.74) is 0.495. The Balaban J connectivity index is 1.91. The lowest BCUT2D eigenvalue weighted by Crippen LogP contribution is -2.47. The van der Waals surface area contributed by atoms with E-state index >= 15 is 0 Å². The first-order chi connectivity index (χ1) is 12.4. The molecule has 0 atom stereocenters. The zero-order valence-electron chi connectivity index (χ0n) is 15.0.